The van der Waals surface area contributed by atoms with Crippen molar-refractivity contribution in [3.05, 3.63) is 52.5 Å². The van der Waals surface area contributed by atoms with Gasteiger partial charge in [-0.15, -0.1) is 21.5 Å². The van der Waals surface area contributed by atoms with E-state index in [1.54, 1.807) is 12.1 Å². The van der Waals surface area contributed by atoms with Crippen molar-refractivity contribution in [2.75, 3.05) is 0 Å². The number of rotatable bonds is 4. The maximum absolute atomic E-state index is 9.59. The van der Waals surface area contributed by atoms with Crippen molar-refractivity contribution in [1.29, 1.82) is 0 Å². The highest BCUT2D eigenvalue weighted by molar-refractivity contribution is 14.1. The summed E-state index contributed by atoms with van der Waals surface area (Å²) in [5.41, 5.74) is 1.02. The molecule has 2 unspecified atom stereocenters. The molecule has 2 heterocycles. The molecular formula is C19H18IN3OS. The third kappa shape index (κ3) is 2.37. The fourth-order valence-corrected chi connectivity index (χ4v) is 6.25. The maximum Gasteiger partial charge on any atom is 0.164 e. The van der Waals surface area contributed by atoms with Gasteiger partial charge >= 0.3 is 0 Å². The highest BCUT2D eigenvalue weighted by Crippen LogP contribution is 2.55. The molecule has 2 atom stereocenters. The standard InChI is InChI=1S/C19H18IN3OS/c20-15-9-10-19(15,16-2-1-11-25-16)18-22-21-17(23(18)13-5-6-13)12-3-7-14(24)8-4-12/h1-4,7-8,11,13,15,24H,5-6,9-10H2. The molecule has 0 bridgehead atoms. The van der Waals surface area contributed by atoms with Crippen LogP contribution >= 0.6 is 33.9 Å². The van der Waals surface area contributed by atoms with Crippen LogP contribution in [0.25, 0.3) is 11.4 Å². The van der Waals surface area contributed by atoms with Crippen LogP contribution in [0, 0.1) is 0 Å². The van der Waals surface area contributed by atoms with Crippen LogP contribution in [0.4, 0.5) is 0 Å². The third-order valence-electron chi connectivity index (χ3n) is 5.42. The summed E-state index contributed by atoms with van der Waals surface area (Å²) in [4.78, 5) is 1.41. The summed E-state index contributed by atoms with van der Waals surface area (Å²) >= 11 is 4.43. The number of thiophene rings is 1. The number of phenolic OH excluding ortho intramolecular Hbond substituents is 1. The molecule has 25 heavy (non-hydrogen) atoms. The number of alkyl halides is 1. The third-order valence-corrected chi connectivity index (χ3v) is 8.15. The SMILES string of the molecule is Oc1ccc(-c2nnc(C3(c4cccs4)CCC3I)n2C2CC2)cc1. The van der Waals surface area contributed by atoms with E-state index in [1.165, 1.54) is 24.1 Å². The highest BCUT2D eigenvalue weighted by atomic mass is 127. The molecule has 0 radical (unpaired) electrons. The van der Waals surface area contributed by atoms with E-state index >= 15 is 0 Å². The number of hydrogen-bond donors (Lipinski definition) is 1. The van der Waals surface area contributed by atoms with E-state index in [0.29, 0.717) is 9.97 Å². The second kappa shape index (κ2) is 5.81. The summed E-state index contributed by atoms with van der Waals surface area (Å²) in [5, 5.41) is 21.1. The Labute approximate surface area is 164 Å². The molecule has 2 saturated carbocycles. The first kappa shape index (κ1) is 15.8. The Hall–Kier alpha value is -1.41. The minimum absolute atomic E-state index is 0.000510. The Morgan fingerprint density at radius 1 is 1.12 bits per heavy atom. The van der Waals surface area contributed by atoms with E-state index in [4.69, 9.17) is 5.10 Å². The molecule has 1 aromatic carbocycles. The highest BCUT2D eigenvalue weighted by Gasteiger charge is 2.53. The molecule has 0 saturated heterocycles. The number of nitrogens with zero attached hydrogens (tertiary/aromatic N) is 3. The van der Waals surface area contributed by atoms with Gasteiger partial charge in [0, 0.05) is 20.4 Å². The van der Waals surface area contributed by atoms with Crippen LogP contribution in [0.5, 0.6) is 5.75 Å². The van der Waals surface area contributed by atoms with Crippen molar-refractivity contribution in [2.45, 2.75) is 41.1 Å². The maximum atomic E-state index is 9.59. The Morgan fingerprint density at radius 2 is 1.92 bits per heavy atom. The normalized spacial score (nSPS) is 25.7. The number of aromatic nitrogens is 3. The summed E-state index contributed by atoms with van der Waals surface area (Å²) in [7, 11) is 0. The van der Waals surface area contributed by atoms with E-state index < -0.39 is 0 Å². The van der Waals surface area contributed by atoms with Gasteiger partial charge in [0.1, 0.15) is 11.6 Å². The molecule has 2 aromatic heterocycles. The predicted octanol–water partition coefficient (Wildman–Crippen LogP) is 4.93. The van der Waals surface area contributed by atoms with E-state index in [-0.39, 0.29) is 11.2 Å². The van der Waals surface area contributed by atoms with Crippen LogP contribution in [0.3, 0.4) is 0 Å². The van der Waals surface area contributed by atoms with Crippen molar-refractivity contribution >= 4 is 33.9 Å². The van der Waals surface area contributed by atoms with Crippen molar-refractivity contribution in [3.63, 3.8) is 0 Å². The minimum atomic E-state index is -0.000510. The van der Waals surface area contributed by atoms with Gasteiger partial charge in [-0.1, -0.05) is 28.7 Å². The first-order chi connectivity index (χ1) is 12.2. The Kier molecular flexibility index (Phi) is 3.67. The average Bonchev–Trinajstić information content (AvgIpc) is 3.13. The van der Waals surface area contributed by atoms with E-state index in [9.17, 15) is 5.11 Å². The van der Waals surface area contributed by atoms with Crippen LogP contribution in [0.1, 0.15) is 42.4 Å². The van der Waals surface area contributed by atoms with Gasteiger partial charge in [0.25, 0.3) is 0 Å². The molecule has 2 aliphatic carbocycles. The zero-order valence-electron chi connectivity index (χ0n) is 13.6. The van der Waals surface area contributed by atoms with Crippen molar-refractivity contribution in [3.8, 4) is 17.1 Å². The first-order valence-corrected chi connectivity index (χ1v) is 10.8. The summed E-state index contributed by atoms with van der Waals surface area (Å²) in [5.74, 6) is 2.35. The molecule has 0 amide bonds. The molecule has 2 aliphatic rings. The van der Waals surface area contributed by atoms with Gasteiger partial charge in [-0.05, 0) is 61.4 Å². The quantitative estimate of drug-likeness (QED) is 0.441. The summed E-state index contributed by atoms with van der Waals surface area (Å²) < 4.78 is 2.94. The fraction of sp³-hybridized carbons (Fsp3) is 0.368. The molecule has 5 rings (SSSR count). The fourth-order valence-electron chi connectivity index (χ4n) is 3.80. The molecule has 6 heteroatoms. The minimum Gasteiger partial charge on any atom is -0.508 e. The average molecular weight is 463 g/mol. The molecular weight excluding hydrogens is 445 g/mol. The number of phenols is 1. The number of hydrogen-bond acceptors (Lipinski definition) is 4. The summed E-state index contributed by atoms with van der Waals surface area (Å²) in [6.07, 6.45) is 4.76. The molecule has 3 aromatic rings. The van der Waals surface area contributed by atoms with Crippen LogP contribution in [-0.4, -0.2) is 23.8 Å². The monoisotopic (exact) mass is 463 g/mol. The smallest absolute Gasteiger partial charge is 0.164 e. The van der Waals surface area contributed by atoms with Gasteiger partial charge in [0.15, 0.2) is 5.82 Å². The van der Waals surface area contributed by atoms with Gasteiger partial charge in [-0.2, -0.15) is 0 Å². The van der Waals surface area contributed by atoms with E-state index in [0.717, 1.165) is 23.6 Å². The Morgan fingerprint density at radius 3 is 2.48 bits per heavy atom. The topological polar surface area (TPSA) is 50.9 Å². The molecule has 0 spiro atoms. The lowest BCUT2D eigenvalue weighted by molar-refractivity contribution is 0.307. The van der Waals surface area contributed by atoms with Gasteiger partial charge in [0.05, 0.1) is 5.41 Å². The molecule has 2 fully saturated rings. The lowest BCUT2D eigenvalue weighted by Gasteiger charge is -2.45. The van der Waals surface area contributed by atoms with Gasteiger partial charge < -0.3 is 9.67 Å². The zero-order valence-corrected chi connectivity index (χ0v) is 16.6. The first-order valence-electron chi connectivity index (χ1n) is 8.63. The summed E-state index contributed by atoms with van der Waals surface area (Å²) in [6, 6.07) is 12.2. The Bertz CT molecular complexity index is 901. The molecule has 128 valence electrons. The van der Waals surface area contributed by atoms with Gasteiger partial charge in [-0.3, -0.25) is 0 Å². The summed E-state index contributed by atoms with van der Waals surface area (Å²) in [6.45, 7) is 0. The number of halogens is 1. The van der Waals surface area contributed by atoms with Crippen LogP contribution in [0.2, 0.25) is 0 Å². The predicted molar refractivity (Wildman–Crippen MR) is 108 cm³/mol. The number of benzene rings is 1. The van der Waals surface area contributed by atoms with Crippen LogP contribution in [0.15, 0.2) is 41.8 Å². The van der Waals surface area contributed by atoms with Crippen molar-refractivity contribution in [2.24, 2.45) is 0 Å². The molecule has 4 nitrogen and oxygen atoms in total. The van der Waals surface area contributed by atoms with Gasteiger partial charge in [-0.25, -0.2) is 0 Å². The lowest BCUT2D eigenvalue weighted by Crippen LogP contribution is -2.47. The molecule has 1 N–H and O–H groups in total. The number of aromatic hydroxyl groups is 1. The Balaban J connectivity index is 1.68. The molecule has 0 aliphatic heterocycles. The second-order valence-corrected chi connectivity index (χ2v) is 9.40. The lowest BCUT2D eigenvalue weighted by atomic mass is 9.67. The van der Waals surface area contributed by atoms with Crippen molar-refractivity contribution < 1.29 is 5.11 Å². The van der Waals surface area contributed by atoms with Crippen molar-refractivity contribution in [1.82, 2.24) is 14.8 Å². The van der Waals surface area contributed by atoms with Gasteiger partial charge in [0.2, 0.25) is 0 Å². The second-order valence-electron chi connectivity index (χ2n) is 6.95. The largest absolute Gasteiger partial charge is 0.508 e. The zero-order chi connectivity index (χ0) is 17.0. The van der Waals surface area contributed by atoms with Crippen LogP contribution in [-0.2, 0) is 5.41 Å². The van der Waals surface area contributed by atoms with E-state index in [1.807, 2.05) is 23.5 Å². The van der Waals surface area contributed by atoms with E-state index in [2.05, 4.69) is 49.8 Å². The van der Waals surface area contributed by atoms with Crippen LogP contribution < -0.4 is 0 Å².